The highest BCUT2D eigenvalue weighted by atomic mass is 35.5. The number of nitrogens with zero attached hydrogens (tertiary/aromatic N) is 3. The van der Waals surface area contributed by atoms with Crippen molar-refractivity contribution in [1.29, 1.82) is 0 Å². The van der Waals surface area contributed by atoms with Crippen molar-refractivity contribution in [2.45, 2.75) is 32.9 Å². The number of aryl methyl sites for hydroxylation is 2. The largest absolute Gasteiger partial charge is 0.308 e. The van der Waals surface area contributed by atoms with Crippen LogP contribution in [0.25, 0.3) is 0 Å². The highest BCUT2D eigenvalue weighted by Crippen LogP contribution is 2.26. The molecule has 1 unspecified atom stereocenters. The fourth-order valence-corrected chi connectivity index (χ4v) is 2.53. The molecule has 0 aliphatic carbocycles. The third-order valence-corrected chi connectivity index (χ3v) is 3.45. The van der Waals surface area contributed by atoms with Gasteiger partial charge in [-0.3, -0.25) is 0 Å². The van der Waals surface area contributed by atoms with E-state index in [0.29, 0.717) is 0 Å². The fraction of sp³-hybridized carbons (Fsp3) is 0.429. The van der Waals surface area contributed by atoms with E-state index in [9.17, 15) is 0 Å². The third kappa shape index (κ3) is 2.96. The first-order chi connectivity index (χ1) is 9.17. The van der Waals surface area contributed by atoms with Crippen LogP contribution in [-0.2, 0) is 6.54 Å². The van der Waals surface area contributed by atoms with E-state index in [0.717, 1.165) is 29.2 Å². The molecule has 0 saturated carbocycles. The molecule has 4 nitrogen and oxygen atoms in total. The van der Waals surface area contributed by atoms with Crippen LogP contribution >= 0.6 is 11.6 Å². The number of rotatable bonds is 5. The van der Waals surface area contributed by atoms with Crippen molar-refractivity contribution >= 4 is 11.6 Å². The van der Waals surface area contributed by atoms with Crippen LogP contribution in [0.5, 0.6) is 0 Å². The van der Waals surface area contributed by atoms with Gasteiger partial charge in [0.1, 0.15) is 0 Å². The summed E-state index contributed by atoms with van der Waals surface area (Å²) in [5.74, 6) is 0. The van der Waals surface area contributed by atoms with E-state index in [1.807, 2.05) is 30.1 Å². The lowest BCUT2D eigenvalue weighted by Crippen LogP contribution is -2.22. The summed E-state index contributed by atoms with van der Waals surface area (Å²) in [6, 6.07) is 6.04. The molecule has 19 heavy (non-hydrogen) atoms. The molecule has 0 radical (unpaired) electrons. The second kappa shape index (κ2) is 6.17. The van der Waals surface area contributed by atoms with Crippen LogP contribution in [0.15, 0.2) is 24.4 Å². The van der Waals surface area contributed by atoms with Crippen molar-refractivity contribution in [3.63, 3.8) is 0 Å². The Morgan fingerprint density at radius 3 is 2.84 bits per heavy atom. The van der Waals surface area contributed by atoms with E-state index in [1.165, 1.54) is 5.56 Å². The Morgan fingerprint density at radius 1 is 1.42 bits per heavy atom. The second-order valence-electron chi connectivity index (χ2n) is 4.60. The average molecular weight is 279 g/mol. The van der Waals surface area contributed by atoms with Gasteiger partial charge in [-0.15, -0.1) is 5.10 Å². The fourth-order valence-electron chi connectivity index (χ4n) is 2.30. The summed E-state index contributed by atoms with van der Waals surface area (Å²) in [5.41, 5.74) is 3.44. The quantitative estimate of drug-likeness (QED) is 0.914. The number of nitrogens with one attached hydrogen (secondary N) is 1. The molecule has 0 amide bonds. The van der Waals surface area contributed by atoms with Crippen LogP contribution < -0.4 is 5.32 Å². The molecule has 2 rings (SSSR count). The Labute approximate surface area is 118 Å². The zero-order chi connectivity index (χ0) is 13.8. The van der Waals surface area contributed by atoms with E-state index in [2.05, 4.69) is 35.5 Å². The van der Waals surface area contributed by atoms with Crippen LogP contribution in [0.4, 0.5) is 0 Å². The molecule has 1 heterocycles. The van der Waals surface area contributed by atoms with Crippen molar-refractivity contribution in [3.8, 4) is 0 Å². The SMILES string of the molecule is CCCn1nncc1C(NC)c1ccc(Cl)cc1C. The number of hydrogen-bond acceptors (Lipinski definition) is 3. The molecule has 0 fully saturated rings. The minimum atomic E-state index is 0.0822. The van der Waals surface area contributed by atoms with Gasteiger partial charge in [0, 0.05) is 11.6 Å². The zero-order valence-electron chi connectivity index (χ0n) is 11.5. The van der Waals surface area contributed by atoms with Gasteiger partial charge in [0.2, 0.25) is 0 Å². The molecule has 2 aromatic rings. The van der Waals surface area contributed by atoms with Gasteiger partial charge in [0.05, 0.1) is 17.9 Å². The van der Waals surface area contributed by atoms with Crippen molar-refractivity contribution in [2.75, 3.05) is 7.05 Å². The molecule has 5 heteroatoms. The smallest absolute Gasteiger partial charge is 0.0801 e. The van der Waals surface area contributed by atoms with E-state index in [-0.39, 0.29) is 6.04 Å². The van der Waals surface area contributed by atoms with Crippen LogP contribution in [0.1, 0.15) is 36.2 Å². The molecule has 1 aromatic heterocycles. The lowest BCUT2D eigenvalue weighted by molar-refractivity contribution is 0.522. The van der Waals surface area contributed by atoms with E-state index in [4.69, 9.17) is 11.6 Å². The Hall–Kier alpha value is -1.39. The topological polar surface area (TPSA) is 42.7 Å². The van der Waals surface area contributed by atoms with Gasteiger partial charge in [0.15, 0.2) is 0 Å². The number of benzene rings is 1. The van der Waals surface area contributed by atoms with Gasteiger partial charge in [-0.25, -0.2) is 4.68 Å². The van der Waals surface area contributed by atoms with Gasteiger partial charge >= 0.3 is 0 Å². The molecule has 0 aliphatic rings. The van der Waals surface area contributed by atoms with Gasteiger partial charge in [-0.2, -0.15) is 0 Å². The lowest BCUT2D eigenvalue weighted by Gasteiger charge is -2.19. The predicted octanol–water partition coefficient (Wildman–Crippen LogP) is 2.96. The van der Waals surface area contributed by atoms with Crippen molar-refractivity contribution in [3.05, 3.63) is 46.2 Å². The molecule has 1 aromatic carbocycles. The summed E-state index contributed by atoms with van der Waals surface area (Å²) in [4.78, 5) is 0. The van der Waals surface area contributed by atoms with E-state index >= 15 is 0 Å². The predicted molar refractivity (Wildman–Crippen MR) is 77.4 cm³/mol. The Morgan fingerprint density at radius 2 is 2.21 bits per heavy atom. The second-order valence-corrected chi connectivity index (χ2v) is 5.04. The molecule has 102 valence electrons. The number of halogens is 1. The molecular weight excluding hydrogens is 260 g/mol. The Bertz CT molecular complexity index is 550. The molecule has 1 atom stereocenters. The van der Waals surface area contributed by atoms with E-state index < -0.39 is 0 Å². The van der Waals surface area contributed by atoms with Crippen molar-refractivity contribution < 1.29 is 0 Å². The van der Waals surface area contributed by atoms with Gasteiger partial charge in [-0.05, 0) is 43.7 Å². The first-order valence-corrected chi connectivity index (χ1v) is 6.86. The van der Waals surface area contributed by atoms with Crippen LogP contribution in [0.3, 0.4) is 0 Å². The van der Waals surface area contributed by atoms with E-state index in [1.54, 1.807) is 0 Å². The molecule has 1 N–H and O–H groups in total. The number of hydrogen-bond donors (Lipinski definition) is 1. The van der Waals surface area contributed by atoms with Crippen LogP contribution in [0.2, 0.25) is 5.02 Å². The summed E-state index contributed by atoms with van der Waals surface area (Å²) in [7, 11) is 1.95. The minimum absolute atomic E-state index is 0.0822. The minimum Gasteiger partial charge on any atom is -0.308 e. The lowest BCUT2D eigenvalue weighted by atomic mass is 9.99. The van der Waals surface area contributed by atoms with Gasteiger partial charge in [-0.1, -0.05) is 29.8 Å². The molecule has 0 saturated heterocycles. The van der Waals surface area contributed by atoms with Crippen molar-refractivity contribution in [2.24, 2.45) is 0 Å². The summed E-state index contributed by atoms with van der Waals surface area (Å²) < 4.78 is 1.95. The summed E-state index contributed by atoms with van der Waals surface area (Å²) in [5, 5.41) is 12.3. The highest BCUT2D eigenvalue weighted by molar-refractivity contribution is 6.30. The summed E-state index contributed by atoms with van der Waals surface area (Å²) in [6.07, 6.45) is 2.86. The molecule has 0 bridgehead atoms. The Kier molecular flexibility index (Phi) is 4.56. The number of aromatic nitrogens is 3. The first kappa shape index (κ1) is 14.0. The maximum absolute atomic E-state index is 6.02. The molecular formula is C14H19ClN4. The molecule has 0 spiro atoms. The maximum Gasteiger partial charge on any atom is 0.0801 e. The molecule has 0 aliphatic heterocycles. The maximum atomic E-state index is 6.02. The summed E-state index contributed by atoms with van der Waals surface area (Å²) >= 11 is 6.02. The Balaban J connectivity index is 2.41. The van der Waals surface area contributed by atoms with Crippen LogP contribution in [0, 0.1) is 6.92 Å². The monoisotopic (exact) mass is 278 g/mol. The average Bonchev–Trinajstić information content (AvgIpc) is 2.82. The van der Waals surface area contributed by atoms with Crippen molar-refractivity contribution in [1.82, 2.24) is 20.3 Å². The zero-order valence-corrected chi connectivity index (χ0v) is 12.3. The summed E-state index contributed by atoms with van der Waals surface area (Å²) in [6.45, 7) is 5.08. The van der Waals surface area contributed by atoms with Gasteiger partial charge in [0.25, 0.3) is 0 Å². The normalized spacial score (nSPS) is 12.6. The highest BCUT2D eigenvalue weighted by Gasteiger charge is 2.19. The first-order valence-electron chi connectivity index (χ1n) is 6.49. The third-order valence-electron chi connectivity index (χ3n) is 3.21. The van der Waals surface area contributed by atoms with Crippen LogP contribution in [-0.4, -0.2) is 22.0 Å². The standard InChI is InChI=1S/C14H19ClN4/c1-4-7-19-13(9-17-18-19)14(16-3)12-6-5-11(15)8-10(12)2/h5-6,8-9,14,16H,4,7H2,1-3H3. The van der Waals surface area contributed by atoms with Gasteiger partial charge < -0.3 is 5.32 Å².